The largest absolute Gasteiger partial charge is 0.486 e. The molecule has 0 bridgehead atoms. The quantitative estimate of drug-likeness (QED) is 0.322. The van der Waals surface area contributed by atoms with Crippen molar-refractivity contribution in [3.63, 3.8) is 0 Å². The summed E-state index contributed by atoms with van der Waals surface area (Å²) in [6, 6.07) is 6.89. The van der Waals surface area contributed by atoms with Crippen molar-refractivity contribution in [1.82, 2.24) is 30.4 Å². The van der Waals surface area contributed by atoms with E-state index in [1.54, 1.807) is 6.20 Å². The molecule has 2 N–H and O–H groups in total. The molecule has 39 heavy (non-hydrogen) atoms. The number of ether oxygens (including phenoxy) is 1. The molecule has 0 aliphatic carbocycles. The third-order valence-electron chi connectivity index (χ3n) is 8.08. The van der Waals surface area contributed by atoms with E-state index in [1.807, 2.05) is 37.1 Å². The first-order chi connectivity index (χ1) is 18.8. The first-order valence-electron chi connectivity index (χ1n) is 12.9. The van der Waals surface area contributed by atoms with Crippen LogP contribution in [0.25, 0.3) is 22.2 Å². The molecule has 2 aliphatic rings. The topological polar surface area (TPSA) is 96.0 Å². The maximum absolute atomic E-state index is 15.5. The van der Waals surface area contributed by atoms with Crippen molar-refractivity contribution >= 4 is 40.0 Å². The molecule has 2 saturated heterocycles. The Morgan fingerprint density at radius 3 is 2.62 bits per heavy atom. The molecule has 1 aromatic carbocycles. The molecule has 202 valence electrons. The number of H-pyrrole nitrogens is 1. The summed E-state index contributed by atoms with van der Waals surface area (Å²) in [5.74, 6) is -0.610. The molecular formula is C28H27Cl2FN6O2. The minimum atomic E-state index is -0.591. The number of nitrogens with zero attached hydrogens (tertiary/aromatic N) is 4. The van der Waals surface area contributed by atoms with Crippen LogP contribution in [0.3, 0.4) is 0 Å². The van der Waals surface area contributed by atoms with Gasteiger partial charge in [0.25, 0.3) is 0 Å². The van der Waals surface area contributed by atoms with Crippen LogP contribution < -0.4 is 10.1 Å². The monoisotopic (exact) mass is 568 g/mol. The minimum absolute atomic E-state index is 0.0772. The number of piperidine rings is 1. The van der Waals surface area contributed by atoms with Crippen molar-refractivity contribution in [2.45, 2.75) is 43.7 Å². The van der Waals surface area contributed by atoms with Gasteiger partial charge < -0.3 is 15.0 Å². The number of aromatic amines is 1. The number of carbonyl (C=O) groups excluding carboxylic acids is 1. The average molecular weight is 569 g/mol. The van der Waals surface area contributed by atoms with E-state index in [-0.39, 0.29) is 17.1 Å². The zero-order valence-electron chi connectivity index (χ0n) is 21.5. The Morgan fingerprint density at radius 2 is 1.90 bits per heavy atom. The van der Waals surface area contributed by atoms with Crippen LogP contribution in [0.1, 0.15) is 49.5 Å². The van der Waals surface area contributed by atoms with E-state index in [2.05, 4.69) is 25.5 Å². The zero-order valence-corrected chi connectivity index (χ0v) is 23.0. The van der Waals surface area contributed by atoms with Gasteiger partial charge in [0.1, 0.15) is 23.4 Å². The highest BCUT2D eigenvalue weighted by atomic mass is 35.5. The lowest BCUT2D eigenvalue weighted by molar-refractivity contribution is -0.131. The molecule has 6 rings (SSSR count). The second-order valence-corrected chi connectivity index (χ2v) is 11.1. The smallest absolute Gasteiger partial charge is 0.232 e. The summed E-state index contributed by atoms with van der Waals surface area (Å²) in [7, 11) is 1.83. The number of pyridine rings is 2. The Morgan fingerprint density at radius 1 is 1.15 bits per heavy atom. The van der Waals surface area contributed by atoms with Crippen LogP contribution >= 0.6 is 23.2 Å². The van der Waals surface area contributed by atoms with E-state index in [1.165, 1.54) is 18.5 Å². The number of benzene rings is 1. The lowest BCUT2D eigenvalue weighted by Crippen LogP contribution is -2.50. The number of halogens is 3. The van der Waals surface area contributed by atoms with E-state index < -0.39 is 17.8 Å². The fraction of sp³-hybridized carbons (Fsp3) is 0.357. The zero-order chi connectivity index (χ0) is 27.3. The molecule has 1 amide bonds. The van der Waals surface area contributed by atoms with Crippen molar-refractivity contribution < 1.29 is 13.9 Å². The summed E-state index contributed by atoms with van der Waals surface area (Å²) in [6.07, 6.45) is 6.47. The minimum Gasteiger partial charge on any atom is -0.486 e. The van der Waals surface area contributed by atoms with Gasteiger partial charge in [-0.1, -0.05) is 23.2 Å². The first-order valence-corrected chi connectivity index (χ1v) is 13.6. The summed E-state index contributed by atoms with van der Waals surface area (Å²) in [6.45, 7) is 3.54. The van der Waals surface area contributed by atoms with Crippen LogP contribution in [0.5, 0.6) is 5.75 Å². The molecule has 2 fully saturated rings. The number of rotatable bonds is 5. The fourth-order valence-electron chi connectivity index (χ4n) is 5.91. The van der Waals surface area contributed by atoms with Gasteiger partial charge in [-0.05, 0) is 63.5 Å². The first kappa shape index (κ1) is 26.0. The Kier molecular flexibility index (Phi) is 6.69. The molecule has 5 heterocycles. The van der Waals surface area contributed by atoms with Gasteiger partial charge in [-0.15, -0.1) is 0 Å². The van der Waals surface area contributed by atoms with Crippen LogP contribution in [0.4, 0.5) is 4.39 Å². The van der Waals surface area contributed by atoms with Gasteiger partial charge in [-0.3, -0.25) is 19.9 Å². The van der Waals surface area contributed by atoms with Gasteiger partial charge in [-0.25, -0.2) is 4.39 Å². The second kappa shape index (κ2) is 10.0. The summed E-state index contributed by atoms with van der Waals surface area (Å²) < 4.78 is 21.7. The number of likely N-dealkylation sites (N-methyl/N-ethyl adjacent to an activating group) is 1. The summed E-state index contributed by atoms with van der Waals surface area (Å²) in [4.78, 5) is 23.4. The van der Waals surface area contributed by atoms with Crippen molar-refractivity contribution in [3.05, 3.63) is 70.0 Å². The fourth-order valence-corrected chi connectivity index (χ4v) is 6.58. The number of hydrogen-bond donors (Lipinski definition) is 2. The molecule has 0 saturated carbocycles. The number of fused-ring (bicyclic) bond motifs is 1. The average Bonchev–Trinajstić information content (AvgIpc) is 3.44. The number of aromatic nitrogens is 4. The van der Waals surface area contributed by atoms with Crippen molar-refractivity contribution in [3.8, 4) is 17.0 Å². The molecule has 0 radical (unpaired) electrons. The van der Waals surface area contributed by atoms with Gasteiger partial charge in [0.2, 0.25) is 5.91 Å². The highest BCUT2D eigenvalue weighted by Gasteiger charge is 2.50. The molecule has 1 unspecified atom stereocenters. The van der Waals surface area contributed by atoms with E-state index in [0.717, 1.165) is 36.8 Å². The van der Waals surface area contributed by atoms with Crippen LogP contribution in [0.15, 0.2) is 42.9 Å². The second-order valence-electron chi connectivity index (χ2n) is 10.3. The van der Waals surface area contributed by atoms with Crippen molar-refractivity contribution in [2.24, 2.45) is 0 Å². The Bertz CT molecular complexity index is 1550. The predicted octanol–water partition coefficient (Wildman–Crippen LogP) is 5.67. The van der Waals surface area contributed by atoms with Gasteiger partial charge >= 0.3 is 0 Å². The molecule has 2 atom stereocenters. The van der Waals surface area contributed by atoms with Crippen LogP contribution in [0, 0.1) is 5.82 Å². The molecule has 2 aliphatic heterocycles. The van der Waals surface area contributed by atoms with Crippen LogP contribution in [-0.4, -0.2) is 56.6 Å². The van der Waals surface area contributed by atoms with Crippen LogP contribution in [-0.2, 0) is 4.79 Å². The normalized spacial score (nSPS) is 19.7. The number of nitrogens with one attached hydrogen (secondary N) is 2. The maximum Gasteiger partial charge on any atom is 0.232 e. The number of hydrogen-bond acceptors (Lipinski definition) is 6. The van der Waals surface area contributed by atoms with Gasteiger partial charge in [-0.2, -0.15) is 5.10 Å². The molecule has 11 heteroatoms. The van der Waals surface area contributed by atoms with E-state index in [4.69, 9.17) is 27.9 Å². The Labute approximate surface area is 234 Å². The third-order valence-corrected chi connectivity index (χ3v) is 8.68. The molecule has 1 spiro atoms. The Hall–Kier alpha value is -3.27. The predicted molar refractivity (Wildman–Crippen MR) is 148 cm³/mol. The summed E-state index contributed by atoms with van der Waals surface area (Å²) in [5.41, 5.74) is 2.39. The maximum atomic E-state index is 15.5. The molecule has 4 aromatic rings. The summed E-state index contributed by atoms with van der Waals surface area (Å²) >= 11 is 12.6. The number of carbonyl (C=O) groups is 1. The van der Waals surface area contributed by atoms with Crippen molar-refractivity contribution in [1.29, 1.82) is 0 Å². The van der Waals surface area contributed by atoms with E-state index in [9.17, 15) is 4.79 Å². The Balaban J connectivity index is 1.28. The SMILES string of the molecule is C[C@@H](Oc1ccc2[nH]nc(-c3cnc(C4CC5(CCNCC5)N(C)C4=O)c(F)c3)c2c1)c1c(Cl)cncc1Cl. The van der Waals surface area contributed by atoms with Crippen LogP contribution in [0.2, 0.25) is 10.0 Å². The lowest BCUT2D eigenvalue weighted by atomic mass is 9.83. The summed E-state index contributed by atoms with van der Waals surface area (Å²) in [5, 5.41) is 12.3. The number of amides is 1. The highest BCUT2D eigenvalue weighted by Crippen LogP contribution is 2.44. The third kappa shape index (κ3) is 4.52. The van der Waals surface area contributed by atoms with Gasteiger partial charge in [0.15, 0.2) is 0 Å². The number of likely N-dealkylation sites (tertiary alicyclic amines) is 1. The van der Waals surface area contributed by atoms with Crippen molar-refractivity contribution in [2.75, 3.05) is 20.1 Å². The highest BCUT2D eigenvalue weighted by molar-refractivity contribution is 6.35. The van der Waals surface area contributed by atoms with E-state index >= 15 is 4.39 Å². The van der Waals surface area contributed by atoms with Gasteiger partial charge in [0, 0.05) is 47.7 Å². The molecular weight excluding hydrogens is 542 g/mol. The molecule has 8 nitrogen and oxygen atoms in total. The molecule has 3 aromatic heterocycles. The standard InChI is InChI=1S/C28H27Cl2FN6O2/c1-15(24-20(29)13-33-14-21(24)30)39-17-3-4-23-18(10-17)25(36-35-23)16-9-22(31)26(34-12-16)19-11-28(37(2)27(19)38)5-7-32-8-6-28/h3-4,9-10,12-15,19,32H,5-8,11H2,1-2H3,(H,35,36)/t15-,19?/m1/s1. The van der Waals surface area contributed by atoms with E-state index in [0.29, 0.717) is 39.0 Å². The van der Waals surface area contributed by atoms with Gasteiger partial charge in [0.05, 0.1) is 27.2 Å². The lowest BCUT2D eigenvalue weighted by Gasteiger charge is -2.39.